The van der Waals surface area contributed by atoms with Gasteiger partial charge in [0, 0.05) is 12.4 Å². The second-order valence-corrected chi connectivity index (χ2v) is 10.5. The van der Waals surface area contributed by atoms with Gasteiger partial charge in [0.25, 0.3) is 0 Å². The van der Waals surface area contributed by atoms with Crippen molar-refractivity contribution >= 4 is 67.5 Å². The first-order chi connectivity index (χ1) is 19.1. The Labute approximate surface area is 233 Å². The number of rotatable bonds is 4. The maximum atomic E-state index is 11.5. The summed E-state index contributed by atoms with van der Waals surface area (Å²) in [6.07, 6.45) is 8.81. The molecule has 2 N–H and O–H groups in total. The van der Waals surface area contributed by atoms with Crippen LogP contribution in [0.2, 0.25) is 9.88 Å². The average molecular weight is 625 g/mol. The Morgan fingerprint density at radius 1 is 0.641 bits per heavy atom. The molecule has 0 atom stereocenters. The second kappa shape index (κ2) is 13.7. The number of aromatic nitrogens is 8. The third-order valence-electron chi connectivity index (χ3n) is 4.90. The molecule has 0 spiro atoms. The summed E-state index contributed by atoms with van der Waals surface area (Å²) in [4.78, 5) is 42.9. The minimum Gasteiger partial charge on any atom is -0.872 e. The minimum absolute atomic E-state index is 0.0730. The van der Waals surface area contributed by atoms with Gasteiger partial charge in [-0.2, -0.15) is 0 Å². The minimum atomic E-state index is -0.0730. The van der Waals surface area contributed by atoms with E-state index in [-0.39, 0.29) is 32.6 Å². The van der Waals surface area contributed by atoms with E-state index in [1.165, 1.54) is 49.9 Å². The van der Waals surface area contributed by atoms with Gasteiger partial charge in [-0.05, 0) is 11.1 Å². The van der Waals surface area contributed by atoms with Gasteiger partial charge >= 0.3 is 31.0 Å². The van der Waals surface area contributed by atoms with Gasteiger partial charge in [0.15, 0.2) is 22.9 Å². The summed E-state index contributed by atoms with van der Waals surface area (Å²) < 4.78 is 0. The fraction of sp³-hybridized carbons (Fsp3) is 0.0769. The van der Waals surface area contributed by atoms with Crippen molar-refractivity contribution in [2.24, 2.45) is 9.98 Å². The number of hydrogen-bond acceptors (Lipinski definition) is 10. The van der Waals surface area contributed by atoms with E-state index in [9.17, 15) is 10.2 Å². The zero-order valence-electron chi connectivity index (χ0n) is 21.0. The normalized spacial score (nSPS) is 10.7. The van der Waals surface area contributed by atoms with Gasteiger partial charge < -0.3 is 20.2 Å². The average Bonchev–Trinajstić information content (AvgIpc) is 3.63. The Kier molecular flexibility index (Phi) is 9.61. The molecule has 39 heavy (non-hydrogen) atoms. The molecular formula is C26H22N10O2Sn. The smallest absolute Gasteiger partial charge is 0.182 e. The van der Waals surface area contributed by atoms with Gasteiger partial charge in [0.1, 0.15) is 23.7 Å². The molecule has 0 fully saturated rings. The number of benzene rings is 2. The number of imidazole rings is 2. The van der Waals surface area contributed by atoms with Crippen molar-refractivity contribution in [1.29, 1.82) is 0 Å². The van der Waals surface area contributed by atoms with Crippen molar-refractivity contribution in [1.82, 2.24) is 39.9 Å². The van der Waals surface area contributed by atoms with Crippen LogP contribution in [0.1, 0.15) is 11.1 Å². The van der Waals surface area contributed by atoms with E-state index < -0.39 is 0 Å². The molecule has 6 rings (SSSR count). The van der Waals surface area contributed by atoms with Crippen LogP contribution in [0.15, 0.2) is 83.8 Å². The number of hydrogen-bond donors (Lipinski definition) is 2. The van der Waals surface area contributed by atoms with Gasteiger partial charge in [0.2, 0.25) is 0 Å². The molecule has 12 nitrogen and oxygen atoms in total. The third-order valence-corrected chi connectivity index (χ3v) is 4.90. The molecule has 0 aliphatic rings. The maximum Gasteiger partial charge on any atom is 0.182 e. The SMILES string of the molecule is [CH3][Sn+2][CH3].[O-]c1ccccc1C=Nc1ncnc2nc[nH]c12.[O-]c1ccccc1C=Nc1ncnc2nc[nH]c12. The molecule has 0 amide bonds. The molecule has 4 aromatic heterocycles. The van der Waals surface area contributed by atoms with E-state index in [0.29, 0.717) is 45.1 Å². The van der Waals surface area contributed by atoms with Gasteiger partial charge in [-0.15, -0.1) is 11.5 Å². The van der Waals surface area contributed by atoms with Gasteiger partial charge in [0.05, 0.1) is 12.7 Å². The molecule has 0 radical (unpaired) electrons. The van der Waals surface area contributed by atoms with Crippen molar-refractivity contribution < 1.29 is 10.2 Å². The Bertz CT molecular complexity index is 1590. The molecular weight excluding hydrogens is 603 g/mol. The largest absolute Gasteiger partial charge is 0.872 e. The fourth-order valence-corrected chi connectivity index (χ4v) is 3.14. The van der Waals surface area contributed by atoms with Gasteiger partial charge in [-0.1, -0.05) is 48.5 Å². The molecule has 6 aromatic rings. The zero-order chi connectivity index (χ0) is 27.5. The molecule has 0 saturated carbocycles. The van der Waals surface area contributed by atoms with Gasteiger partial charge in [-0.25, -0.2) is 39.9 Å². The first-order valence-electron chi connectivity index (χ1n) is 11.6. The quantitative estimate of drug-likeness (QED) is 0.222. The second-order valence-electron chi connectivity index (χ2n) is 7.69. The molecule has 0 saturated heterocycles. The van der Waals surface area contributed by atoms with E-state index in [1.54, 1.807) is 36.4 Å². The fourth-order valence-electron chi connectivity index (χ4n) is 3.14. The van der Waals surface area contributed by atoms with E-state index in [0.717, 1.165) is 0 Å². The maximum absolute atomic E-state index is 11.5. The van der Waals surface area contributed by atoms with Crippen LogP contribution >= 0.6 is 0 Å². The first kappa shape index (κ1) is 27.3. The van der Waals surface area contributed by atoms with E-state index in [1.807, 2.05) is 0 Å². The van der Waals surface area contributed by atoms with Crippen LogP contribution in [0, 0.1) is 0 Å². The van der Waals surface area contributed by atoms with Crippen LogP contribution in [0.5, 0.6) is 11.5 Å². The third kappa shape index (κ3) is 7.19. The van der Waals surface area contributed by atoms with E-state index in [2.05, 4.69) is 59.7 Å². The molecule has 0 aliphatic carbocycles. The Hall–Kier alpha value is -4.72. The van der Waals surface area contributed by atoms with Crippen LogP contribution in [-0.2, 0) is 0 Å². The molecule has 13 heteroatoms. The summed E-state index contributed by atoms with van der Waals surface area (Å²) >= 11 is 0.230. The van der Waals surface area contributed by atoms with Crippen molar-refractivity contribution in [3.63, 3.8) is 0 Å². The van der Waals surface area contributed by atoms with E-state index in [4.69, 9.17) is 0 Å². The number of fused-ring (bicyclic) bond motifs is 2. The monoisotopic (exact) mass is 626 g/mol. The number of aliphatic imine (C=N–C) groups is 2. The zero-order valence-corrected chi connectivity index (χ0v) is 23.8. The molecule has 0 bridgehead atoms. The Morgan fingerprint density at radius 2 is 1.05 bits per heavy atom. The van der Waals surface area contributed by atoms with Crippen LogP contribution in [-0.4, -0.2) is 73.4 Å². The summed E-state index contributed by atoms with van der Waals surface area (Å²) in [6.45, 7) is 0. The Morgan fingerprint density at radius 3 is 1.46 bits per heavy atom. The summed E-state index contributed by atoms with van der Waals surface area (Å²) in [7, 11) is 0. The summed E-state index contributed by atoms with van der Waals surface area (Å²) in [5.74, 6) is 0.772. The number of H-pyrrole nitrogens is 2. The van der Waals surface area contributed by atoms with Crippen molar-refractivity contribution in [2.75, 3.05) is 0 Å². The topological polar surface area (TPSA) is 180 Å². The van der Waals surface area contributed by atoms with Crippen molar-refractivity contribution in [3.05, 3.63) is 85.0 Å². The molecule has 0 unspecified atom stereocenters. The standard InChI is InChI=1S/2C12H9N5O.2CH3.Sn/c2*18-9-4-2-1-3-8(9)5-13-11-10-12(15-6-14-10)17-7-16-11;;;/h2*1-7,18H,(H,14,15,16,17);2*1H3;/q;;;;+2/p-2. The number of nitrogens with one attached hydrogen (secondary N) is 2. The predicted octanol–water partition coefficient (Wildman–Crippen LogP) is 3.14. The molecule has 0 aliphatic heterocycles. The van der Waals surface area contributed by atoms with Crippen LogP contribution in [0.4, 0.5) is 11.6 Å². The predicted molar refractivity (Wildman–Crippen MR) is 147 cm³/mol. The number of nitrogens with zero attached hydrogens (tertiary/aromatic N) is 8. The molecule has 2 aromatic carbocycles. The van der Waals surface area contributed by atoms with Crippen LogP contribution < -0.4 is 10.2 Å². The van der Waals surface area contributed by atoms with Crippen LogP contribution in [0.25, 0.3) is 22.3 Å². The summed E-state index contributed by atoms with van der Waals surface area (Å²) in [6, 6.07) is 13.4. The van der Waals surface area contributed by atoms with Crippen molar-refractivity contribution in [3.8, 4) is 11.5 Å². The number of aromatic amines is 2. The number of para-hydroxylation sites is 2. The summed E-state index contributed by atoms with van der Waals surface area (Å²) in [5.41, 5.74) is 3.43. The van der Waals surface area contributed by atoms with Crippen molar-refractivity contribution in [2.45, 2.75) is 9.88 Å². The van der Waals surface area contributed by atoms with E-state index >= 15 is 0 Å². The molecule has 4 heterocycles. The van der Waals surface area contributed by atoms with Gasteiger partial charge in [-0.3, -0.25) is 0 Å². The molecule has 192 valence electrons. The Balaban J connectivity index is 0.000000165. The summed E-state index contributed by atoms with van der Waals surface area (Å²) in [5, 5.41) is 23.0. The first-order valence-corrected chi connectivity index (χ1v) is 17.3. The van der Waals surface area contributed by atoms with Crippen LogP contribution in [0.3, 0.4) is 0 Å².